The molecule has 96 valence electrons. The largest absolute Gasteiger partial charge is 0.378 e. The van der Waals surface area contributed by atoms with Crippen molar-refractivity contribution >= 4 is 17.3 Å². The van der Waals surface area contributed by atoms with Gasteiger partial charge in [-0.25, -0.2) is 0 Å². The highest BCUT2D eigenvalue weighted by Crippen LogP contribution is 2.23. The number of aryl methyl sites for hydroxylation is 1. The highest BCUT2D eigenvalue weighted by atomic mass is 35.5. The lowest BCUT2D eigenvalue weighted by Crippen LogP contribution is -2.05. The number of nitrogens with one attached hydrogen (secondary N) is 1. The zero-order chi connectivity index (χ0) is 13.1. The Hall–Kier alpha value is -1.48. The zero-order valence-corrected chi connectivity index (χ0v) is 11.7. The van der Waals surface area contributed by atoms with Crippen LogP contribution in [0, 0.1) is 6.92 Å². The summed E-state index contributed by atoms with van der Waals surface area (Å²) in [6.45, 7) is 6.96. The molecule has 0 radical (unpaired) electrons. The van der Waals surface area contributed by atoms with Crippen LogP contribution in [0.15, 0.2) is 30.5 Å². The first-order valence-electron chi connectivity index (χ1n) is 6.10. The average molecular weight is 264 g/mol. The number of anilines is 1. The van der Waals surface area contributed by atoms with Crippen LogP contribution >= 0.6 is 11.6 Å². The van der Waals surface area contributed by atoms with E-state index in [1.165, 1.54) is 5.56 Å². The van der Waals surface area contributed by atoms with E-state index >= 15 is 0 Å². The number of aromatic nitrogens is 2. The number of nitrogens with zero attached hydrogens (tertiary/aromatic N) is 2. The van der Waals surface area contributed by atoms with E-state index in [0.717, 1.165) is 16.4 Å². The van der Waals surface area contributed by atoms with E-state index < -0.39 is 0 Å². The second kappa shape index (κ2) is 5.44. The van der Waals surface area contributed by atoms with Gasteiger partial charge in [-0.05, 0) is 44.5 Å². The Morgan fingerprint density at radius 1 is 1.33 bits per heavy atom. The Labute approximate surface area is 113 Å². The van der Waals surface area contributed by atoms with Crippen molar-refractivity contribution in [2.45, 2.75) is 33.4 Å². The number of benzene rings is 1. The van der Waals surface area contributed by atoms with E-state index in [1.807, 2.05) is 35.1 Å². The van der Waals surface area contributed by atoms with Gasteiger partial charge >= 0.3 is 0 Å². The van der Waals surface area contributed by atoms with E-state index in [4.69, 9.17) is 11.6 Å². The molecule has 4 heteroatoms. The SMILES string of the molecule is Cc1ccc(Cl)c(NCc2ccn(C(C)C)n2)c1. The lowest BCUT2D eigenvalue weighted by molar-refractivity contribution is 0.527. The molecule has 0 atom stereocenters. The number of hydrogen-bond acceptors (Lipinski definition) is 2. The van der Waals surface area contributed by atoms with Gasteiger partial charge in [-0.2, -0.15) is 5.10 Å². The van der Waals surface area contributed by atoms with Crippen molar-refractivity contribution in [3.63, 3.8) is 0 Å². The third-order valence-electron chi connectivity index (χ3n) is 2.77. The van der Waals surface area contributed by atoms with Crippen molar-refractivity contribution in [1.82, 2.24) is 9.78 Å². The molecule has 2 aromatic rings. The zero-order valence-electron chi connectivity index (χ0n) is 10.9. The lowest BCUT2D eigenvalue weighted by atomic mass is 10.2. The van der Waals surface area contributed by atoms with Gasteiger partial charge in [0.25, 0.3) is 0 Å². The summed E-state index contributed by atoms with van der Waals surface area (Å²) in [7, 11) is 0. The summed E-state index contributed by atoms with van der Waals surface area (Å²) in [4.78, 5) is 0. The van der Waals surface area contributed by atoms with Gasteiger partial charge < -0.3 is 5.32 Å². The fourth-order valence-electron chi connectivity index (χ4n) is 1.72. The van der Waals surface area contributed by atoms with Gasteiger partial charge in [0.2, 0.25) is 0 Å². The molecule has 0 unspecified atom stereocenters. The van der Waals surface area contributed by atoms with E-state index in [0.29, 0.717) is 12.6 Å². The van der Waals surface area contributed by atoms with Gasteiger partial charge in [-0.15, -0.1) is 0 Å². The van der Waals surface area contributed by atoms with Crippen molar-refractivity contribution < 1.29 is 0 Å². The molecule has 0 saturated carbocycles. The van der Waals surface area contributed by atoms with Gasteiger partial charge in [0.05, 0.1) is 22.9 Å². The summed E-state index contributed by atoms with van der Waals surface area (Å²) in [5.41, 5.74) is 3.16. The van der Waals surface area contributed by atoms with E-state index in [2.05, 4.69) is 31.2 Å². The average Bonchev–Trinajstić information content (AvgIpc) is 2.79. The maximum absolute atomic E-state index is 6.13. The molecule has 0 amide bonds. The molecule has 1 N–H and O–H groups in total. The normalized spacial score (nSPS) is 10.9. The van der Waals surface area contributed by atoms with Crippen LogP contribution in [0.1, 0.15) is 31.1 Å². The van der Waals surface area contributed by atoms with Gasteiger partial charge in [0.1, 0.15) is 0 Å². The first-order chi connectivity index (χ1) is 8.56. The minimum absolute atomic E-state index is 0.390. The van der Waals surface area contributed by atoms with Crippen LogP contribution in [0.4, 0.5) is 5.69 Å². The Kier molecular flexibility index (Phi) is 3.92. The molecule has 3 nitrogen and oxygen atoms in total. The van der Waals surface area contributed by atoms with Crippen molar-refractivity contribution in [2.24, 2.45) is 0 Å². The van der Waals surface area contributed by atoms with E-state index in [1.54, 1.807) is 0 Å². The van der Waals surface area contributed by atoms with Crippen LogP contribution < -0.4 is 5.32 Å². The van der Waals surface area contributed by atoms with E-state index in [-0.39, 0.29) is 0 Å². The first kappa shape index (κ1) is 13.0. The molecule has 0 aliphatic rings. The fourth-order valence-corrected chi connectivity index (χ4v) is 1.90. The fraction of sp³-hybridized carbons (Fsp3) is 0.357. The molecule has 0 bridgehead atoms. The molecule has 1 heterocycles. The summed E-state index contributed by atoms with van der Waals surface area (Å²) in [5, 5.41) is 8.54. The monoisotopic (exact) mass is 263 g/mol. The van der Waals surface area contributed by atoms with Crippen LogP contribution in [-0.4, -0.2) is 9.78 Å². The second-order valence-corrected chi connectivity index (χ2v) is 5.12. The molecular formula is C14H18ClN3. The van der Waals surface area contributed by atoms with Crippen molar-refractivity contribution in [3.05, 3.63) is 46.7 Å². The maximum Gasteiger partial charge on any atom is 0.0815 e. The predicted octanol–water partition coefficient (Wildman–Crippen LogP) is 4.04. The first-order valence-corrected chi connectivity index (χ1v) is 6.48. The molecule has 18 heavy (non-hydrogen) atoms. The molecule has 0 fully saturated rings. The van der Waals surface area contributed by atoms with Gasteiger partial charge in [-0.1, -0.05) is 17.7 Å². The van der Waals surface area contributed by atoms with Crippen molar-refractivity contribution in [2.75, 3.05) is 5.32 Å². The second-order valence-electron chi connectivity index (χ2n) is 4.72. The molecule has 0 spiro atoms. The van der Waals surface area contributed by atoms with Crippen LogP contribution in [-0.2, 0) is 6.54 Å². The van der Waals surface area contributed by atoms with Crippen LogP contribution in [0.5, 0.6) is 0 Å². The van der Waals surface area contributed by atoms with Crippen molar-refractivity contribution in [3.8, 4) is 0 Å². The standard InChI is InChI=1S/C14H18ClN3/c1-10(2)18-7-6-12(17-18)9-16-14-8-11(3)4-5-13(14)15/h4-8,10,16H,9H2,1-3H3. The lowest BCUT2D eigenvalue weighted by Gasteiger charge is -2.08. The Morgan fingerprint density at radius 2 is 2.11 bits per heavy atom. The molecule has 0 aliphatic carbocycles. The third-order valence-corrected chi connectivity index (χ3v) is 3.10. The van der Waals surface area contributed by atoms with E-state index in [9.17, 15) is 0 Å². The third kappa shape index (κ3) is 3.05. The molecular weight excluding hydrogens is 246 g/mol. The highest BCUT2D eigenvalue weighted by Gasteiger charge is 2.04. The molecule has 2 rings (SSSR count). The number of rotatable bonds is 4. The van der Waals surface area contributed by atoms with Crippen molar-refractivity contribution in [1.29, 1.82) is 0 Å². The van der Waals surface area contributed by atoms with Gasteiger partial charge in [0, 0.05) is 12.2 Å². The predicted molar refractivity (Wildman–Crippen MR) is 76.1 cm³/mol. The molecule has 1 aromatic carbocycles. The van der Waals surface area contributed by atoms with Crippen LogP contribution in [0.25, 0.3) is 0 Å². The Bertz CT molecular complexity index is 532. The molecule has 0 aliphatic heterocycles. The summed E-state index contributed by atoms with van der Waals surface area (Å²) in [6.07, 6.45) is 2.00. The Balaban J connectivity index is 2.04. The van der Waals surface area contributed by atoms with Gasteiger partial charge in [-0.3, -0.25) is 4.68 Å². The highest BCUT2D eigenvalue weighted by molar-refractivity contribution is 6.33. The van der Waals surface area contributed by atoms with Crippen LogP contribution in [0.2, 0.25) is 5.02 Å². The smallest absolute Gasteiger partial charge is 0.0815 e. The number of halogens is 1. The minimum Gasteiger partial charge on any atom is -0.378 e. The number of hydrogen-bond donors (Lipinski definition) is 1. The summed E-state index contributed by atoms with van der Waals surface area (Å²) >= 11 is 6.13. The van der Waals surface area contributed by atoms with Crippen LogP contribution in [0.3, 0.4) is 0 Å². The minimum atomic E-state index is 0.390. The van der Waals surface area contributed by atoms with Gasteiger partial charge in [0.15, 0.2) is 0 Å². The summed E-state index contributed by atoms with van der Waals surface area (Å²) in [5.74, 6) is 0. The molecule has 0 saturated heterocycles. The Morgan fingerprint density at radius 3 is 2.78 bits per heavy atom. The molecule has 1 aromatic heterocycles. The maximum atomic E-state index is 6.13. The summed E-state index contributed by atoms with van der Waals surface area (Å²) in [6, 6.07) is 8.37. The quantitative estimate of drug-likeness (QED) is 0.902. The topological polar surface area (TPSA) is 29.9 Å². The summed E-state index contributed by atoms with van der Waals surface area (Å²) < 4.78 is 1.95.